The number of rotatable bonds is 5. The third-order valence-corrected chi connectivity index (χ3v) is 1.91. The molecule has 0 saturated carbocycles. The summed E-state index contributed by atoms with van der Waals surface area (Å²) in [5.74, 6) is -0.0311. The van der Waals surface area contributed by atoms with Crippen LogP contribution < -0.4 is 10.6 Å². The number of guanidine groups is 1. The zero-order valence-electron chi connectivity index (χ0n) is 13.1. The third kappa shape index (κ3) is 4.46. The number of aromatic nitrogens is 2. The van der Waals surface area contributed by atoms with Crippen LogP contribution in [-0.4, -0.2) is 29.5 Å². The zero-order valence-corrected chi connectivity index (χ0v) is 9.09. The van der Waals surface area contributed by atoms with Crippen molar-refractivity contribution in [2.24, 2.45) is 4.99 Å². The Labute approximate surface area is 101 Å². The summed E-state index contributed by atoms with van der Waals surface area (Å²) < 4.78 is 29.6. The average Bonchev–Trinajstić information content (AvgIpc) is 2.70. The second-order valence-electron chi connectivity index (χ2n) is 3.04. The first-order valence-electron chi connectivity index (χ1n) is 6.79. The van der Waals surface area contributed by atoms with Crippen molar-refractivity contribution < 1.29 is 5.61 Å². The molecular formula is C10H16N6. The van der Waals surface area contributed by atoms with Gasteiger partial charge in [0, 0.05) is 19.8 Å². The van der Waals surface area contributed by atoms with Gasteiger partial charge in [-0.3, -0.25) is 0 Å². The number of aromatic amines is 1. The van der Waals surface area contributed by atoms with Crippen molar-refractivity contribution in [3.8, 4) is 6.19 Å². The maximum absolute atomic E-state index is 8.48. The molecule has 0 aromatic carbocycles. The number of hydrogen-bond donors (Lipinski definition) is 3. The van der Waals surface area contributed by atoms with Gasteiger partial charge in [0.2, 0.25) is 12.2 Å². The largest absolute Gasteiger partial charge is 0.359 e. The Kier molecular flexibility index (Phi) is 3.31. The van der Waals surface area contributed by atoms with Gasteiger partial charge in [-0.15, -0.1) is 4.99 Å². The van der Waals surface area contributed by atoms with E-state index in [2.05, 4.69) is 9.98 Å². The first kappa shape index (κ1) is 7.28. The summed E-state index contributed by atoms with van der Waals surface area (Å²) in [5.41, 5.74) is 0.671. The lowest BCUT2D eigenvalue weighted by atomic mass is 10.2. The molecule has 0 unspecified atom stereocenters. The maximum atomic E-state index is 8.48. The van der Waals surface area contributed by atoms with Crippen LogP contribution in [0.15, 0.2) is 17.5 Å². The average molecular weight is 224 g/mol. The first-order valence-corrected chi connectivity index (χ1v) is 4.95. The SMILES string of the molecule is [2H]c1nc(CCCCN([2H])C(=NC#N)N([2H])C)cn1[2H]. The van der Waals surface area contributed by atoms with Gasteiger partial charge in [-0.05, 0) is 19.3 Å². The normalized spacial score (nSPS) is 14.4. The molecule has 0 saturated heterocycles. The minimum Gasteiger partial charge on any atom is -0.359 e. The van der Waals surface area contributed by atoms with Crippen molar-refractivity contribution in [3.05, 3.63) is 18.2 Å². The molecule has 86 valence electrons. The second kappa shape index (κ2) is 7.29. The first-order chi connectivity index (χ1) is 9.45. The monoisotopic (exact) mass is 224 g/mol. The molecule has 1 aromatic rings. The van der Waals surface area contributed by atoms with E-state index < -0.39 is 0 Å². The minimum absolute atomic E-state index is 0.0311. The fraction of sp³-hybridized carbons (Fsp3) is 0.500. The standard InChI is InChI=1S/C10H16N6/c1-12-10(15-7-11)14-5-3-2-4-9-6-13-8-16-9/h6,8H,2-5H2,1H3,(H,13,16)(H2,12,14,15)/i8D/hD3. The number of H-pyrrole nitrogens is 1. The summed E-state index contributed by atoms with van der Waals surface area (Å²) in [6.07, 6.45) is 4.96. The van der Waals surface area contributed by atoms with E-state index >= 15 is 0 Å². The van der Waals surface area contributed by atoms with Crippen LogP contribution in [-0.2, 0) is 6.42 Å². The van der Waals surface area contributed by atoms with Crippen LogP contribution in [0.25, 0.3) is 0 Å². The number of aliphatic imine (C=N–C) groups is 1. The molecule has 0 bridgehead atoms. The Bertz CT molecular complexity index is 487. The predicted molar refractivity (Wildman–Crippen MR) is 61.6 cm³/mol. The molecule has 1 rings (SSSR count). The quantitative estimate of drug-likeness (QED) is 0.292. The molecule has 3 N–H and O–H groups in total. The highest BCUT2D eigenvalue weighted by Gasteiger charge is 1.96. The van der Waals surface area contributed by atoms with Crippen LogP contribution in [0.2, 0.25) is 4.24 Å². The summed E-state index contributed by atoms with van der Waals surface area (Å²) in [6.45, 7) is 0.332. The molecule has 16 heavy (non-hydrogen) atoms. The molecule has 0 aliphatic heterocycles. The van der Waals surface area contributed by atoms with Gasteiger partial charge in [0.1, 0.15) is 1.37 Å². The molecular weight excluding hydrogens is 204 g/mol. The van der Waals surface area contributed by atoms with E-state index in [1.165, 1.54) is 13.2 Å². The number of nitrogens with zero attached hydrogens (tertiary/aromatic N) is 3. The van der Waals surface area contributed by atoms with Gasteiger partial charge < -0.3 is 15.6 Å². The lowest BCUT2D eigenvalue weighted by Crippen LogP contribution is -2.35. The number of aryl methyl sites for hydroxylation is 1. The van der Waals surface area contributed by atoms with Crippen LogP contribution in [0.1, 0.15) is 19.9 Å². The Hall–Kier alpha value is -2.03. The fourth-order valence-electron chi connectivity index (χ4n) is 1.14. The maximum Gasteiger partial charge on any atom is 0.209 e. The van der Waals surface area contributed by atoms with Crippen LogP contribution >= 0.6 is 0 Å². The fourth-order valence-corrected chi connectivity index (χ4v) is 1.14. The van der Waals surface area contributed by atoms with E-state index in [1.54, 1.807) is 6.19 Å². The third-order valence-electron chi connectivity index (χ3n) is 1.91. The smallest absolute Gasteiger partial charge is 0.209 e. The Balaban J connectivity index is 2.37. The van der Waals surface area contributed by atoms with Crippen LogP contribution in [0.4, 0.5) is 0 Å². The van der Waals surface area contributed by atoms with Crippen molar-refractivity contribution in [1.29, 1.82) is 5.26 Å². The highest BCUT2D eigenvalue weighted by Crippen LogP contribution is 1.98. The molecule has 0 amide bonds. The van der Waals surface area contributed by atoms with Crippen molar-refractivity contribution >= 4 is 5.96 Å². The van der Waals surface area contributed by atoms with Crippen molar-refractivity contribution in [1.82, 2.24) is 20.6 Å². The van der Waals surface area contributed by atoms with Crippen molar-refractivity contribution in [2.45, 2.75) is 19.3 Å². The number of nitriles is 1. The predicted octanol–water partition coefficient (Wildman–Crippen LogP) is 0.378. The summed E-state index contributed by atoms with van der Waals surface area (Å²) in [6, 6.07) is 0. The molecule has 6 nitrogen and oxygen atoms in total. The number of nitrogens with one attached hydrogen (secondary N) is 3. The highest BCUT2D eigenvalue weighted by molar-refractivity contribution is 5.80. The topological polar surface area (TPSA) is 88.9 Å². The Morgan fingerprint density at radius 3 is 3.38 bits per heavy atom. The number of hydrogen-bond acceptors (Lipinski definition) is 3. The molecule has 0 atom stereocenters. The van der Waals surface area contributed by atoms with Gasteiger partial charge in [-0.2, -0.15) is 5.26 Å². The van der Waals surface area contributed by atoms with Crippen molar-refractivity contribution in [3.63, 3.8) is 0 Å². The van der Waals surface area contributed by atoms with Crippen LogP contribution in [0.5, 0.6) is 0 Å². The van der Waals surface area contributed by atoms with Gasteiger partial charge >= 0.3 is 0 Å². The number of unbranched alkanes of at least 4 members (excludes halogenated alkanes) is 1. The van der Waals surface area contributed by atoms with Crippen LogP contribution in [0, 0.1) is 11.5 Å². The summed E-state index contributed by atoms with van der Waals surface area (Å²) in [4.78, 5) is 8.21. The number of imidazole rings is 1. The molecule has 1 aromatic heterocycles. The highest BCUT2D eigenvalue weighted by atomic mass is 15.2. The second-order valence-corrected chi connectivity index (χ2v) is 3.04. The minimum atomic E-state index is -0.0959. The summed E-state index contributed by atoms with van der Waals surface area (Å²) in [5, 5.41) is 10.3. The molecule has 0 fully saturated rings. The van der Waals surface area contributed by atoms with E-state index in [1.807, 2.05) is 0 Å². The Morgan fingerprint density at radius 1 is 1.88 bits per heavy atom. The Morgan fingerprint density at radius 2 is 2.75 bits per heavy atom. The van der Waals surface area contributed by atoms with E-state index in [-0.39, 0.29) is 12.3 Å². The van der Waals surface area contributed by atoms with E-state index in [0.29, 0.717) is 25.1 Å². The molecule has 0 radical (unpaired) electrons. The molecule has 1 heterocycles. The van der Waals surface area contributed by atoms with Gasteiger partial charge in [0.25, 0.3) is 0 Å². The van der Waals surface area contributed by atoms with E-state index in [4.69, 9.17) is 10.9 Å². The van der Waals surface area contributed by atoms with Gasteiger partial charge in [-0.25, -0.2) is 4.98 Å². The molecule has 0 spiro atoms. The molecule has 6 heteroatoms. The molecule has 0 aliphatic rings. The van der Waals surface area contributed by atoms with Gasteiger partial charge in [0.15, 0.2) is 4.24 Å². The lowest BCUT2D eigenvalue weighted by molar-refractivity contribution is 0.695. The van der Waals surface area contributed by atoms with Crippen LogP contribution in [0.3, 0.4) is 0 Å². The van der Waals surface area contributed by atoms with E-state index in [9.17, 15) is 0 Å². The van der Waals surface area contributed by atoms with Gasteiger partial charge in [0.05, 0.1) is 12.0 Å². The molecule has 0 aliphatic carbocycles. The zero-order chi connectivity index (χ0) is 15.1. The summed E-state index contributed by atoms with van der Waals surface area (Å²) in [7, 11) is 1.40. The van der Waals surface area contributed by atoms with E-state index in [0.717, 1.165) is 22.0 Å². The lowest BCUT2D eigenvalue weighted by Gasteiger charge is -2.06. The summed E-state index contributed by atoms with van der Waals surface area (Å²) >= 11 is 0. The van der Waals surface area contributed by atoms with Crippen molar-refractivity contribution in [2.75, 3.05) is 13.6 Å². The van der Waals surface area contributed by atoms with Gasteiger partial charge in [-0.1, -0.05) is 0 Å².